The zero-order valence-electron chi connectivity index (χ0n) is 18.7. The van der Waals surface area contributed by atoms with Gasteiger partial charge in [-0.2, -0.15) is 0 Å². The lowest BCUT2D eigenvalue weighted by atomic mass is 10.0. The van der Waals surface area contributed by atoms with Crippen molar-refractivity contribution in [3.05, 3.63) is 88.8 Å². The fraction of sp³-hybridized carbons (Fsp3) is 0.296. The van der Waals surface area contributed by atoms with E-state index in [0.29, 0.717) is 0 Å². The number of nitrogens with zero attached hydrogens (tertiary/aromatic N) is 3. The summed E-state index contributed by atoms with van der Waals surface area (Å²) in [6.07, 6.45) is 1.98. The molecule has 5 rings (SSSR count). The zero-order valence-corrected chi connectivity index (χ0v) is 18.7. The number of fused-ring (bicyclic) bond motifs is 1. The van der Waals surface area contributed by atoms with Crippen molar-refractivity contribution in [2.75, 3.05) is 32.1 Å². The zero-order chi connectivity index (χ0) is 22.1. The van der Waals surface area contributed by atoms with E-state index in [9.17, 15) is 4.79 Å². The third-order valence-electron chi connectivity index (χ3n) is 6.52. The molecule has 1 aliphatic heterocycles. The summed E-state index contributed by atoms with van der Waals surface area (Å²) in [4.78, 5) is 20.1. The SMILES string of the molecule is CN(C)c1cc[c]c(-c2ccc(CN3CCC(n4c(=O)[nH]c5ccccc54)CC3)cc2)c1. The highest BCUT2D eigenvalue weighted by atomic mass is 16.1. The van der Waals surface area contributed by atoms with Crippen molar-refractivity contribution in [1.29, 1.82) is 0 Å². The normalized spacial score (nSPS) is 15.3. The summed E-state index contributed by atoms with van der Waals surface area (Å²) < 4.78 is 1.96. The van der Waals surface area contributed by atoms with Crippen LogP contribution in [0.2, 0.25) is 0 Å². The summed E-state index contributed by atoms with van der Waals surface area (Å²) >= 11 is 0. The standard InChI is InChI=1S/C27H29N4O/c1-29(2)24-7-5-6-22(18-24)21-12-10-20(11-13-21)19-30-16-14-23(15-17-30)31-26-9-4-3-8-25(26)28-27(31)32/h3-5,7-13,18,23H,14-17,19H2,1-2H3,(H,28,32). The number of rotatable bonds is 5. The van der Waals surface area contributed by atoms with Gasteiger partial charge in [-0.15, -0.1) is 0 Å². The number of nitrogens with one attached hydrogen (secondary N) is 1. The van der Waals surface area contributed by atoms with Gasteiger partial charge < -0.3 is 9.88 Å². The van der Waals surface area contributed by atoms with Gasteiger partial charge in [0.25, 0.3) is 0 Å². The number of benzene rings is 3. The molecule has 163 valence electrons. The van der Waals surface area contributed by atoms with Crippen LogP contribution in [0, 0.1) is 6.07 Å². The number of imidazole rings is 1. The van der Waals surface area contributed by atoms with Crippen LogP contribution in [-0.4, -0.2) is 41.6 Å². The molecular weight excluding hydrogens is 396 g/mol. The molecule has 1 aromatic heterocycles. The van der Waals surface area contributed by atoms with Gasteiger partial charge in [0.05, 0.1) is 11.0 Å². The highest BCUT2D eigenvalue weighted by Gasteiger charge is 2.23. The van der Waals surface area contributed by atoms with Crippen LogP contribution >= 0.6 is 0 Å². The van der Waals surface area contributed by atoms with Gasteiger partial charge >= 0.3 is 5.69 Å². The number of hydrogen-bond donors (Lipinski definition) is 1. The second-order valence-corrected chi connectivity index (χ2v) is 8.88. The first-order valence-electron chi connectivity index (χ1n) is 11.3. The Bertz CT molecular complexity index is 1260. The Hall–Kier alpha value is -3.31. The fourth-order valence-electron chi connectivity index (χ4n) is 4.72. The second-order valence-electron chi connectivity index (χ2n) is 8.88. The van der Waals surface area contributed by atoms with Crippen molar-refractivity contribution in [1.82, 2.24) is 14.5 Å². The van der Waals surface area contributed by atoms with Gasteiger partial charge in [-0.3, -0.25) is 9.47 Å². The molecule has 5 nitrogen and oxygen atoms in total. The van der Waals surface area contributed by atoms with Gasteiger partial charge in [0.2, 0.25) is 0 Å². The van der Waals surface area contributed by atoms with Crippen molar-refractivity contribution < 1.29 is 0 Å². The smallest absolute Gasteiger partial charge is 0.326 e. The maximum Gasteiger partial charge on any atom is 0.326 e. The first-order chi connectivity index (χ1) is 15.6. The van der Waals surface area contributed by atoms with Crippen LogP contribution in [-0.2, 0) is 6.54 Å². The summed E-state index contributed by atoms with van der Waals surface area (Å²) in [5, 5.41) is 0. The number of aromatic amines is 1. The van der Waals surface area contributed by atoms with Crippen LogP contribution in [0.1, 0.15) is 24.4 Å². The van der Waals surface area contributed by atoms with E-state index in [2.05, 4.69) is 71.3 Å². The van der Waals surface area contributed by atoms with E-state index in [4.69, 9.17) is 0 Å². The number of para-hydroxylation sites is 2. The Morgan fingerprint density at radius 3 is 2.53 bits per heavy atom. The molecule has 4 aromatic rings. The summed E-state index contributed by atoms with van der Waals surface area (Å²) in [5.41, 5.74) is 6.76. The lowest BCUT2D eigenvalue weighted by molar-refractivity contribution is 0.180. The van der Waals surface area contributed by atoms with Gasteiger partial charge in [-0.1, -0.05) is 42.5 Å². The van der Waals surface area contributed by atoms with Crippen molar-refractivity contribution in [2.24, 2.45) is 0 Å². The van der Waals surface area contributed by atoms with Crippen LogP contribution in [0.4, 0.5) is 5.69 Å². The molecule has 2 heterocycles. The minimum Gasteiger partial charge on any atom is -0.378 e. The van der Waals surface area contributed by atoms with Crippen molar-refractivity contribution in [3.8, 4) is 11.1 Å². The summed E-state index contributed by atoms with van der Waals surface area (Å²) in [6, 6.07) is 26.7. The summed E-state index contributed by atoms with van der Waals surface area (Å²) in [7, 11) is 4.11. The number of piperidine rings is 1. The van der Waals surface area contributed by atoms with Gasteiger partial charge in [0.15, 0.2) is 0 Å². The first-order valence-corrected chi connectivity index (χ1v) is 11.3. The Kier molecular flexibility index (Phi) is 5.58. The van der Waals surface area contributed by atoms with Crippen LogP contribution in [0.3, 0.4) is 0 Å². The molecular formula is C27H29N4O. The maximum absolute atomic E-state index is 12.5. The fourth-order valence-corrected chi connectivity index (χ4v) is 4.72. The van der Waals surface area contributed by atoms with Crippen LogP contribution in [0.25, 0.3) is 22.2 Å². The van der Waals surface area contributed by atoms with Gasteiger partial charge in [-0.05, 0) is 59.9 Å². The van der Waals surface area contributed by atoms with E-state index < -0.39 is 0 Å². The lowest BCUT2D eigenvalue weighted by Crippen LogP contribution is -2.36. The van der Waals surface area contributed by atoms with Gasteiger partial charge in [-0.25, -0.2) is 4.79 Å². The van der Waals surface area contributed by atoms with Crippen LogP contribution in [0.15, 0.2) is 71.5 Å². The lowest BCUT2D eigenvalue weighted by Gasteiger charge is -2.32. The van der Waals surface area contributed by atoms with E-state index in [-0.39, 0.29) is 11.7 Å². The highest BCUT2D eigenvalue weighted by Crippen LogP contribution is 2.27. The van der Waals surface area contributed by atoms with E-state index in [1.54, 1.807) is 0 Å². The second kappa shape index (κ2) is 8.67. The molecule has 1 radical (unpaired) electrons. The number of H-pyrrole nitrogens is 1. The topological polar surface area (TPSA) is 44.3 Å². The van der Waals surface area contributed by atoms with Crippen LogP contribution in [0.5, 0.6) is 0 Å². The third kappa shape index (κ3) is 4.08. The van der Waals surface area contributed by atoms with Gasteiger partial charge in [0.1, 0.15) is 0 Å². The van der Waals surface area contributed by atoms with E-state index >= 15 is 0 Å². The van der Waals surface area contributed by atoms with E-state index in [1.165, 1.54) is 16.8 Å². The number of hydrogen-bond acceptors (Lipinski definition) is 3. The Morgan fingerprint density at radius 1 is 1.03 bits per heavy atom. The average Bonchev–Trinajstić information content (AvgIpc) is 3.16. The Balaban J connectivity index is 1.23. The number of anilines is 1. The molecule has 0 unspecified atom stereocenters. The summed E-state index contributed by atoms with van der Waals surface area (Å²) in [5.74, 6) is 0. The van der Waals surface area contributed by atoms with Crippen molar-refractivity contribution >= 4 is 16.7 Å². The molecule has 0 spiro atoms. The molecule has 0 atom stereocenters. The molecule has 5 heteroatoms. The van der Waals surface area contributed by atoms with E-state index in [0.717, 1.165) is 49.1 Å². The molecule has 0 amide bonds. The molecule has 1 aliphatic rings. The van der Waals surface area contributed by atoms with E-state index in [1.807, 2.05) is 34.9 Å². The number of aromatic nitrogens is 2. The van der Waals surface area contributed by atoms with Crippen LogP contribution < -0.4 is 10.6 Å². The quantitative estimate of drug-likeness (QED) is 0.504. The average molecular weight is 426 g/mol. The van der Waals surface area contributed by atoms with Crippen molar-refractivity contribution in [3.63, 3.8) is 0 Å². The largest absolute Gasteiger partial charge is 0.378 e. The molecule has 32 heavy (non-hydrogen) atoms. The van der Waals surface area contributed by atoms with Gasteiger partial charge in [0, 0.05) is 45.5 Å². The third-order valence-corrected chi connectivity index (χ3v) is 6.52. The predicted octanol–water partition coefficient (Wildman–Crippen LogP) is 4.70. The molecule has 1 fully saturated rings. The molecule has 0 aliphatic carbocycles. The minimum atomic E-state index is 0.00961. The molecule has 0 bridgehead atoms. The maximum atomic E-state index is 12.5. The first kappa shape index (κ1) is 20.6. The molecule has 0 saturated carbocycles. The molecule has 1 saturated heterocycles. The monoisotopic (exact) mass is 425 g/mol. The number of likely N-dealkylation sites (tertiary alicyclic amines) is 1. The molecule has 1 N–H and O–H groups in total. The Morgan fingerprint density at radius 2 is 1.78 bits per heavy atom. The predicted molar refractivity (Wildman–Crippen MR) is 131 cm³/mol. The minimum absolute atomic E-state index is 0.00961. The highest BCUT2D eigenvalue weighted by molar-refractivity contribution is 5.75. The van der Waals surface area contributed by atoms with Crippen molar-refractivity contribution in [2.45, 2.75) is 25.4 Å². The summed E-state index contributed by atoms with van der Waals surface area (Å²) in [6.45, 7) is 2.94. The Labute approximate surface area is 188 Å². The molecule has 3 aromatic carbocycles.